The molecule has 27 heavy (non-hydrogen) atoms. The number of imide groups is 1. The lowest BCUT2D eigenvalue weighted by molar-refractivity contribution is -0.203. The van der Waals surface area contributed by atoms with Gasteiger partial charge in [-0.1, -0.05) is 18.2 Å². The fraction of sp³-hybridized carbons (Fsp3) is 0.312. The third-order valence-electron chi connectivity index (χ3n) is 4.53. The summed E-state index contributed by atoms with van der Waals surface area (Å²) in [6.07, 6.45) is -5.35. The van der Waals surface area contributed by atoms with Crippen LogP contribution in [0.25, 0.3) is 0 Å². The van der Waals surface area contributed by atoms with E-state index in [4.69, 9.17) is 0 Å². The second-order valence-electron chi connectivity index (χ2n) is 6.07. The first-order valence-corrected chi connectivity index (χ1v) is 7.65. The normalized spacial score (nSPS) is 25.4. The molecule has 3 rings (SSSR count). The minimum absolute atomic E-state index is 0.136. The molecule has 2 atom stereocenters. The van der Waals surface area contributed by atoms with Gasteiger partial charge in [0.15, 0.2) is 0 Å². The fourth-order valence-corrected chi connectivity index (χ4v) is 3.07. The van der Waals surface area contributed by atoms with Gasteiger partial charge in [0.1, 0.15) is 11.8 Å². The van der Waals surface area contributed by atoms with Gasteiger partial charge in [-0.05, 0) is 12.1 Å². The number of nitrogens with one attached hydrogen (secondary N) is 1. The summed E-state index contributed by atoms with van der Waals surface area (Å²) >= 11 is 0. The molecule has 8 nitrogen and oxygen atoms in total. The Kier molecular flexibility index (Phi) is 4.05. The summed E-state index contributed by atoms with van der Waals surface area (Å²) in [4.78, 5) is 53.6. The third-order valence-corrected chi connectivity index (χ3v) is 4.53. The van der Waals surface area contributed by atoms with Crippen molar-refractivity contribution in [3.05, 3.63) is 35.9 Å². The van der Waals surface area contributed by atoms with E-state index in [0.717, 1.165) is 14.1 Å². The summed E-state index contributed by atoms with van der Waals surface area (Å²) in [7, 11) is 2.08. The second-order valence-corrected chi connectivity index (χ2v) is 6.07. The van der Waals surface area contributed by atoms with Crippen LogP contribution in [0, 0.1) is 5.92 Å². The van der Waals surface area contributed by atoms with E-state index in [0.29, 0.717) is 9.80 Å². The van der Waals surface area contributed by atoms with Crippen molar-refractivity contribution in [2.75, 3.05) is 14.1 Å². The molecular weight excluding hydrogens is 369 g/mol. The van der Waals surface area contributed by atoms with Crippen LogP contribution in [-0.2, 0) is 9.59 Å². The predicted octanol–water partition coefficient (Wildman–Crippen LogP) is 0.796. The minimum Gasteiger partial charge on any atom is -0.329 e. The SMILES string of the molecule is CN1C(=O)C2C(=NC(=O)C2(NC(=O)c2ccccc2)C(F)(F)F)N(C)C1=O. The van der Waals surface area contributed by atoms with Gasteiger partial charge in [0, 0.05) is 19.7 Å². The molecule has 2 unspecified atom stereocenters. The standard InChI is InChI=1S/C16H13F3N4O4/c1-22-10-9(12(25)23(2)14(22)27)15(13(26)20-10,16(17,18)19)21-11(24)8-6-4-3-5-7-8/h3-7,9H,1-2H3,(H,21,24). The first kappa shape index (κ1) is 18.5. The van der Waals surface area contributed by atoms with Gasteiger partial charge in [-0.3, -0.25) is 24.2 Å². The maximum absolute atomic E-state index is 14.1. The number of amides is 5. The van der Waals surface area contributed by atoms with Crippen molar-refractivity contribution in [2.45, 2.75) is 11.7 Å². The molecular formula is C16H13F3N4O4. The van der Waals surface area contributed by atoms with Crippen molar-refractivity contribution in [1.82, 2.24) is 15.1 Å². The maximum atomic E-state index is 14.1. The van der Waals surface area contributed by atoms with Crippen LogP contribution in [0.3, 0.4) is 0 Å². The number of nitrogens with zero attached hydrogens (tertiary/aromatic N) is 3. The summed E-state index contributed by atoms with van der Waals surface area (Å²) in [5.74, 6) is -7.10. The molecule has 2 aliphatic rings. The first-order chi connectivity index (χ1) is 12.5. The smallest absolute Gasteiger partial charge is 0.329 e. The average molecular weight is 382 g/mol. The molecule has 2 aliphatic heterocycles. The van der Waals surface area contributed by atoms with E-state index in [-0.39, 0.29) is 5.56 Å². The van der Waals surface area contributed by atoms with E-state index in [2.05, 4.69) is 4.99 Å². The van der Waals surface area contributed by atoms with Crippen molar-refractivity contribution in [1.29, 1.82) is 0 Å². The summed E-state index contributed by atoms with van der Waals surface area (Å²) in [5, 5.41) is 1.67. The number of carbonyl (C=O) groups is 4. The zero-order valence-corrected chi connectivity index (χ0v) is 14.1. The van der Waals surface area contributed by atoms with Crippen LogP contribution in [0.5, 0.6) is 0 Å². The van der Waals surface area contributed by atoms with Crippen molar-refractivity contribution in [3.8, 4) is 0 Å². The van der Waals surface area contributed by atoms with Gasteiger partial charge in [0.05, 0.1) is 0 Å². The Balaban J connectivity index is 2.13. The minimum atomic E-state index is -5.35. The fourth-order valence-electron chi connectivity index (χ4n) is 3.07. The number of alkyl halides is 3. The Morgan fingerprint density at radius 2 is 1.70 bits per heavy atom. The highest BCUT2D eigenvalue weighted by molar-refractivity contribution is 6.27. The molecule has 5 amide bonds. The van der Waals surface area contributed by atoms with Crippen LogP contribution >= 0.6 is 0 Å². The Labute approximate surface area is 150 Å². The number of carbonyl (C=O) groups excluding carboxylic acids is 4. The van der Waals surface area contributed by atoms with E-state index in [1.165, 1.54) is 24.3 Å². The number of urea groups is 1. The molecule has 0 bridgehead atoms. The van der Waals surface area contributed by atoms with Crippen molar-refractivity contribution >= 4 is 29.6 Å². The third kappa shape index (κ3) is 2.49. The Bertz CT molecular complexity index is 883. The number of rotatable bonds is 2. The lowest BCUT2D eigenvalue weighted by Gasteiger charge is -2.40. The zero-order chi connectivity index (χ0) is 20.1. The topological polar surface area (TPSA) is 99.2 Å². The molecule has 0 radical (unpaired) electrons. The molecule has 11 heteroatoms. The highest BCUT2D eigenvalue weighted by Gasteiger charge is 2.74. The molecule has 0 saturated carbocycles. The van der Waals surface area contributed by atoms with Gasteiger partial charge in [-0.2, -0.15) is 18.2 Å². The van der Waals surface area contributed by atoms with E-state index in [1.807, 2.05) is 0 Å². The number of aliphatic imine (C=N–C) groups is 1. The van der Waals surface area contributed by atoms with Gasteiger partial charge in [-0.15, -0.1) is 0 Å². The summed E-state index contributed by atoms with van der Waals surface area (Å²) in [6.45, 7) is 0. The van der Waals surface area contributed by atoms with E-state index in [9.17, 15) is 32.3 Å². The summed E-state index contributed by atoms with van der Waals surface area (Å²) in [5.41, 5.74) is -3.74. The lowest BCUT2D eigenvalue weighted by Crippen LogP contribution is -2.72. The van der Waals surface area contributed by atoms with Crippen LogP contribution in [0.2, 0.25) is 0 Å². The maximum Gasteiger partial charge on any atom is 0.422 e. The van der Waals surface area contributed by atoms with Crippen molar-refractivity contribution in [2.24, 2.45) is 10.9 Å². The largest absolute Gasteiger partial charge is 0.422 e. The number of amidine groups is 1. The predicted molar refractivity (Wildman–Crippen MR) is 84.6 cm³/mol. The molecule has 1 aromatic rings. The van der Waals surface area contributed by atoms with Crippen LogP contribution in [0.1, 0.15) is 10.4 Å². The summed E-state index contributed by atoms with van der Waals surface area (Å²) < 4.78 is 42.2. The van der Waals surface area contributed by atoms with Gasteiger partial charge >= 0.3 is 12.2 Å². The molecule has 0 aliphatic carbocycles. The monoisotopic (exact) mass is 382 g/mol. The molecule has 142 valence electrons. The number of fused-ring (bicyclic) bond motifs is 1. The molecule has 1 N–H and O–H groups in total. The molecule has 2 heterocycles. The van der Waals surface area contributed by atoms with Crippen LogP contribution < -0.4 is 5.32 Å². The Hall–Kier alpha value is -3.24. The Morgan fingerprint density at radius 1 is 1.11 bits per heavy atom. The van der Waals surface area contributed by atoms with E-state index < -0.39 is 47.2 Å². The quantitative estimate of drug-likeness (QED) is 0.818. The number of hydrogen-bond donors (Lipinski definition) is 1. The first-order valence-electron chi connectivity index (χ1n) is 7.65. The van der Waals surface area contributed by atoms with Crippen molar-refractivity contribution in [3.63, 3.8) is 0 Å². The highest BCUT2D eigenvalue weighted by Crippen LogP contribution is 2.44. The van der Waals surface area contributed by atoms with Gasteiger partial charge in [-0.25, -0.2) is 4.79 Å². The molecule has 1 saturated heterocycles. The Morgan fingerprint density at radius 3 is 2.26 bits per heavy atom. The second kappa shape index (κ2) is 5.89. The zero-order valence-electron chi connectivity index (χ0n) is 14.1. The van der Waals surface area contributed by atoms with Gasteiger partial charge < -0.3 is 5.32 Å². The average Bonchev–Trinajstić information content (AvgIpc) is 2.92. The molecule has 1 fully saturated rings. The van der Waals surface area contributed by atoms with Gasteiger partial charge in [0.25, 0.3) is 11.8 Å². The molecule has 0 aromatic heterocycles. The highest BCUT2D eigenvalue weighted by atomic mass is 19.4. The number of benzene rings is 1. The number of hydrogen-bond acceptors (Lipinski definition) is 4. The number of halogens is 3. The molecule has 1 aromatic carbocycles. The van der Waals surface area contributed by atoms with Crippen LogP contribution in [0.4, 0.5) is 18.0 Å². The van der Waals surface area contributed by atoms with Crippen LogP contribution in [0.15, 0.2) is 35.3 Å². The summed E-state index contributed by atoms with van der Waals surface area (Å²) in [6, 6.07) is 5.99. The van der Waals surface area contributed by atoms with E-state index >= 15 is 0 Å². The lowest BCUT2D eigenvalue weighted by atomic mass is 9.81. The van der Waals surface area contributed by atoms with Crippen molar-refractivity contribution < 1.29 is 32.3 Å². The van der Waals surface area contributed by atoms with E-state index in [1.54, 1.807) is 11.4 Å². The van der Waals surface area contributed by atoms with Gasteiger partial charge in [0.2, 0.25) is 11.4 Å². The van der Waals surface area contributed by atoms with Crippen LogP contribution in [-0.4, -0.2) is 65.2 Å². The molecule has 0 spiro atoms.